The quantitative estimate of drug-likeness (QED) is 0.161. The lowest BCUT2D eigenvalue weighted by atomic mass is 9.73. The Kier molecular flexibility index (Phi) is 8.53. The highest BCUT2D eigenvalue weighted by atomic mass is 15.2. The van der Waals surface area contributed by atoms with Crippen molar-refractivity contribution in [3.8, 4) is 33.4 Å². The molecule has 0 saturated heterocycles. The molecule has 0 spiro atoms. The third kappa shape index (κ3) is 6.07. The molecule has 2 nitrogen and oxygen atoms in total. The summed E-state index contributed by atoms with van der Waals surface area (Å²) in [4.78, 5) is 4.84. The molecule has 272 valence electrons. The fraction of sp³-hybridized carbons (Fsp3) is 0.0545. The predicted octanol–water partition coefficient (Wildman–Crippen LogP) is 15.4. The van der Waals surface area contributed by atoms with Gasteiger partial charge in [-0.2, -0.15) is 0 Å². The lowest BCUT2D eigenvalue weighted by molar-refractivity contribution is 0.632. The SMILES string of the molecule is CC1(C)c2ccccc2N(c2c(-c3ccc(-c4ccc(N(c5ccccc5)c5ccccc5)cc4)cc3)ccc3ccccc23)c2cc(-c3ccccc3)ccc21. The van der Waals surface area contributed by atoms with Gasteiger partial charge in [0.2, 0.25) is 0 Å². The first kappa shape index (κ1) is 34.3. The number of benzene rings is 9. The molecule has 1 aliphatic rings. The molecule has 57 heavy (non-hydrogen) atoms. The van der Waals surface area contributed by atoms with E-state index in [2.05, 4.69) is 242 Å². The van der Waals surface area contributed by atoms with Gasteiger partial charge < -0.3 is 9.80 Å². The van der Waals surface area contributed by atoms with Crippen LogP contribution in [0.5, 0.6) is 0 Å². The second kappa shape index (κ2) is 14.2. The van der Waals surface area contributed by atoms with Crippen molar-refractivity contribution in [3.05, 3.63) is 230 Å². The zero-order valence-corrected chi connectivity index (χ0v) is 32.2. The van der Waals surface area contributed by atoms with Gasteiger partial charge in [0.05, 0.1) is 17.1 Å². The maximum atomic E-state index is 2.54. The van der Waals surface area contributed by atoms with Crippen LogP contribution in [-0.4, -0.2) is 0 Å². The molecule has 10 rings (SSSR count). The lowest BCUT2D eigenvalue weighted by Gasteiger charge is -2.43. The molecule has 9 aromatic rings. The lowest BCUT2D eigenvalue weighted by Crippen LogP contribution is -2.31. The van der Waals surface area contributed by atoms with Crippen molar-refractivity contribution in [1.82, 2.24) is 0 Å². The van der Waals surface area contributed by atoms with Crippen molar-refractivity contribution in [2.24, 2.45) is 0 Å². The molecule has 0 amide bonds. The second-order valence-corrected chi connectivity index (χ2v) is 15.4. The molecule has 0 aliphatic carbocycles. The molecule has 2 heteroatoms. The second-order valence-electron chi connectivity index (χ2n) is 15.4. The summed E-state index contributed by atoms with van der Waals surface area (Å²) < 4.78 is 0. The van der Waals surface area contributed by atoms with Crippen molar-refractivity contribution >= 4 is 44.9 Å². The highest BCUT2D eigenvalue weighted by molar-refractivity contribution is 6.07. The smallest absolute Gasteiger partial charge is 0.0618 e. The van der Waals surface area contributed by atoms with Crippen LogP contribution in [0, 0.1) is 0 Å². The summed E-state index contributed by atoms with van der Waals surface area (Å²) >= 11 is 0. The van der Waals surface area contributed by atoms with Crippen LogP contribution in [0.1, 0.15) is 25.0 Å². The third-order valence-electron chi connectivity index (χ3n) is 11.6. The summed E-state index contributed by atoms with van der Waals surface area (Å²) in [5, 5.41) is 2.44. The molecule has 1 aliphatic heterocycles. The van der Waals surface area contributed by atoms with Crippen molar-refractivity contribution in [3.63, 3.8) is 0 Å². The van der Waals surface area contributed by atoms with Gasteiger partial charge in [0.1, 0.15) is 0 Å². The standard InChI is InChI=1S/C55H42N2/c1-55(2)50-24-14-15-25-52(50)57(53-38-44(33-37-51(53)55)39-16-6-3-7-17-39)54-48-23-13-12-18-42(48)32-36-49(54)43-28-26-40(27-29-43)41-30-34-47(35-31-41)56(45-19-8-4-9-20-45)46-21-10-5-11-22-46/h3-38H,1-2H3. The number of rotatable bonds is 7. The first-order valence-corrected chi connectivity index (χ1v) is 19.8. The minimum Gasteiger partial charge on any atom is -0.311 e. The van der Waals surface area contributed by atoms with Crippen LogP contribution in [0.2, 0.25) is 0 Å². The summed E-state index contributed by atoms with van der Waals surface area (Å²) in [5.41, 5.74) is 16.6. The normalized spacial score (nSPS) is 12.8. The molecule has 0 bridgehead atoms. The molecular weight excluding hydrogens is 689 g/mol. The van der Waals surface area contributed by atoms with Gasteiger partial charge in [-0.05, 0) is 92.9 Å². The maximum Gasteiger partial charge on any atom is 0.0618 e. The molecule has 0 fully saturated rings. The first-order valence-electron chi connectivity index (χ1n) is 19.8. The Morgan fingerprint density at radius 2 is 0.860 bits per heavy atom. The van der Waals surface area contributed by atoms with E-state index >= 15 is 0 Å². The van der Waals surface area contributed by atoms with E-state index in [1.807, 2.05) is 0 Å². The minimum atomic E-state index is -0.182. The van der Waals surface area contributed by atoms with Crippen LogP contribution in [0.15, 0.2) is 218 Å². The third-order valence-corrected chi connectivity index (χ3v) is 11.6. The largest absolute Gasteiger partial charge is 0.311 e. The van der Waals surface area contributed by atoms with E-state index in [1.165, 1.54) is 72.3 Å². The van der Waals surface area contributed by atoms with Crippen molar-refractivity contribution in [2.45, 2.75) is 19.3 Å². The average molecular weight is 731 g/mol. The Labute approximate surface area is 335 Å². The van der Waals surface area contributed by atoms with E-state index in [4.69, 9.17) is 0 Å². The van der Waals surface area contributed by atoms with Gasteiger partial charge in [0.15, 0.2) is 0 Å². The van der Waals surface area contributed by atoms with Gasteiger partial charge in [0, 0.05) is 33.4 Å². The number of nitrogens with zero attached hydrogens (tertiary/aromatic N) is 2. The van der Waals surface area contributed by atoms with Gasteiger partial charge in [-0.15, -0.1) is 0 Å². The van der Waals surface area contributed by atoms with Gasteiger partial charge >= 0.3 is 0 Å². The summed E-state index contributed by atoms with van der Waals surface area (Å²) in [7, 11) is 0. The summed E-state index contributed by atoms with van der Waals surface area (Å²) in [6, 6.07) is 79.3. The van der Waals surface area contributed by atoms with Crippen LogP contribution in [0.4, 0.5) is 34.1 Å². The van der Waals surface area contributed by atoms with Crippen LogP contribution in [-0.2, 0) is 5.41 Å². The highest BCUT2D eigenvalue weighted by Crippen LogP contribution is 2.55. The van der Waals surface area contributed by atoms with E-state index in [0.717, 1.165) is 17.1 Å². The van der Waals surface area contributed by atoms with Gasteiger partial charge in [-0.1, -0.05) is 184 Å². The maximum absolute atomic E-state index is 2.54. The molecule has 0 saturated carbocycles. The van der Waals surface area contributed by atoms with Crippen LogP contribution < -0.4 is 9.80 Å². The van der Waals surface area contributed by atoms with Crippen LogP contribution in [0.3, 0.4) is 0 Å². The summed E-state index contributed by atoms with van der Waals surface area (Å²) in [6.07, 6.45) is 0. The summed E-state index contributed by atoms with van der Waals surface area (Å²) in [6.45, 7) is 4.72. The van der Waals surface area contributed by atoms with E-state index < -0.39 is 0 Å². The molecule has 0 aromatic heterocycles. The van der Waals surface area contributed by atoms with E-state index in [9.17, 15) is 0 Å². The van der Waals surface area contributed by atoms with E-state index in [1.54, 1.807) is 0 Å². The Bertz CT molecular complexity index is 2800. The Balaban J connectivity index is 1.09. The summed E-state index contributed by atoms with van der Waals surface area (Å²) in [5.74, 6) is 0. The molecule has 0 radical (unpaired) electrons. The van der Waals surface area contributed by atoms with E-state index in [0.29, 0.717) is 0 Å². The first-order chi connectivity index (χ1) is 28.0. The number of hydrogen-bond donors (Lipinski definition) is 0. The topological polar surface area (TPSA) is 6.48 Å². The van der Waals surface area contributed by atoms with Crippen LogP contribution >= 0.6 is 0 Å². The number of anilines is 6. The van der Waals surface area contributed by atoms with Crippen LogP contribution in [0.25, 0.3) is 44.2 Å². The van der Waals surface area contributed by atoms with Gasteiger partial charge in [0.25, 0.3) is 0 Å². The van der Waals surface area contributed by atoms with Crippen molar-refractivity contribution in [1.29, 1.82) is 0 Å². The fourth-order valence-electron chi connectivity index (χ4n) is 8.74. The predicted molar refractivity (Wildman–Crippen MR) is 242 cm³/mol. The zero-order valence-electron chi connectivity index (χ0n) is 32.2. The average Bonchev–Trinajstić information content (AvgIpc) is 3.28. The molecule has 0 atom stereocenters. The zero-order chi connectivity index (χ0) is 38.3. The Morgan fingerprint density at radius 1 is 0.368 bits per heavy atom. The number of hydrogen-bond acceptors (Lipinski definition) is 2. The minimum absolute atomic E-state index is 0.182. The molecule has 0 unspecified atom stereocenters. The van der Waals surface area contributed by atoms with Crippen molar-refractivity contribution in [2.75, 3.05) is 9.80 Å². The Hall–Kier alpha value is -7.16. The number of fused-ring (bicyclic) bond motifs is 3. The fourth-order valence-corrected chi connectivity index (χ4v) is 8.74. The molecule has 9 aromatic carbocycles. The van der Waals surface area contributed by atoms with Crippen molar-refractivity contribution < 1.29 is 0 Å². The monoisotopic (exact) mass is 730 g/mol. The van der Waals surface area contributed by atoms with Gasteiger partial charge in [-0.25, -0.2) is 0 Å². The number of para-hydroxylation sites is 3. The molecular formula is C55H42N2. The molecule has 0 N–H and O–H groups in total. The Morgan fingerprint density at radius 3 is 1.54 bits per heavy atom. The van der Waals surface area contributed by atoms with Gasteiger partial charge in [-0.3, -0.25) is 0 Å². The highest BCUT2D eigenvalue weighted by Gasteiger charge is 2.38. The van der Waals surface area contributed by atoms with E-state index in [-0.39, 0.29) is 5.41 Å². The molecule has 1 heterocycles.